The van der Waals surface area contributed by atoms with Gasteiger partial charge in [0.25, 0.3) is 0 Å². The van der Waals surface area contributed by atoms with Crippen LogP contribution in [0.4, 0.5) is 5.69 Å². The molecule has 0 spiro atoms. The van der Waals surface area contributed by atoms with Crippen LogP contribution in [-0.2, 0) is 0 Å². The zero-order valence-corrected chi connectivity index (χ0v) is 11.8. The molecule has 0 radical (unpaired) electrons. The van der Waals surface area contributed by atoms with E-state index in [0.717, 1.165) is 16.7 Å². The maximum absolute atomic E-state index is 11.5. The lowest BCUT2D eigenvalue weighted by atomic mass is 10.1. The van der Waals surface area contributed by atoms with Crippen LogP contribution >= 0.6 is 22.6 Å². The Balaban J connectivity index is 2.22. The number of hydrogen-bond acceptors (Lipinski definition) is 3. The third-order valence-corrected chi connectivity index (χ3v) is 3.37. The molecular formula is C12H14IN3O. The zero-order chi connectivity index (χ0) is 12.3. The average Bonchev–Trinajstić information content (AvgIpc) is 2.80. The van der Waals surface area contributed by atoms with Crippen molar-refractivity contribution in [2.24, 2.45) is 10.3 Å². The van der Waals surface area contributed by atoms with E-state index in [2.05, 4.69) is 32.9 Å². The Bertz CT molecular complexity index is 453. The Morgan fingerprint density at radius 2 is 2.06 bits per heavy atom. The number of halogens is 1. The van der Waals surface area contributed by atoms with Gasteiger partial charge in [-0.1, -0.05) is 5.22 Å². The molecule has 0 aromatic heterocycles. The molecule has 0 N–H and O–H groups in total. The van der Waals surface area contributed by atoms with Crippen molar-refractivity contribution in [3.05, 3.63) is 27.3 Å². The molecule has 5 heteroatoms. The predicted molar refractivity (Wildman–Crippen MR) is 74.5 cm³/mol. The Morgan fingerprint density at radius 3 is 2.71 bits per heavy atom. The number of ketones is 1. The van der Waals surface area contributed by atoms with Crippen LogP contribution in [0.15, 0.2) is 28.5 Å². The van der Waals surface area contributed by atoms with Crippen LogP contribution in [-0.4, -0.2) is 23.9 Å². The monoisotopic (exact) mass is 343 g/mol. The van der Waals surface area contributed by atoms with Gasteiger partial charge in [0.2, 0.25) is 0 Å². The first-order valence-electron chi connectivity index (χ1n) is 5.64. The van der Waals surface area contributed by atoms with Gasteiger partial charge in [0, 0.05) is 22.2 Å². The summed E-state index contributed by atoms with van der Waals surface area (Å²) in [5, 5.41) is 10.3. The Labute approximate surface area is 114 Å². The van der Waals surface area contributed by atoms with Gasteiger partial charge in [-0.2, -0.15) is 0 Å². The minimum absolute atomic E-state index is 0.0267. The topological polar surface area (TPSA) is 45.0 Å². The second kappa shape index (κ2) is 5.57. The Kier molecular flexibility index (Phi) is 4.09. The highest BCUT2D eigenvalue weighted by atomic mass is 127. The van der Waals surface area contributed by atoms with Crippen molar-refractivity contribution in [3.63, 3.8) is 0 Å². The average molecular weight is 343 g/mol. The van der Waals surface area contributed by atoms with Crippen molar-refractivity contribution < 1.29 is 4.79 Å². The molecule has 1 fully saturated rings. The minimum atomic E-state index is 0.0267. The molecule has 0 amide bonds. The summed E-state index contributed by atoms with van der Waals surface area (Å²) in [6.45, 7) is 3.48. The lowest BCUT2D eigenvalue weighted by Gasteiger charge is -2.08. The van der Waals surface area contributed by atoms with E-state index >= 15 is 0 Å². The number of carbonyl (C=O) groups is 1. The molecule has 1 aromatic rings. The van der Waals surface area contributed by atoms with E-state index in [-0.39, 0.29) is 5.78 Å². The summed E-state index contributed by atoms with van der Waals surface area (Å²) in [5.41, 5.74) is 1.30. The van der Waals surface area contributed by atoms with E-state index in [1.165, 1.54) is 12.8 Å². The molecule has 1 aliphatic rings. The van der Waals surface area contributed by atoms with Crippen molar-refractivity contribution in [2.45, 2.75) is 19.8 Å². The lowest BCUT2D eigenvalue weighted by molar-refractivity contribution is 0.101. The van der Waals surface area contributed by atoms with Crippen molar-refractivity contribution >= 4 is 34.1 Å². The van der Waals surface area contributed by atoms with Gasteiger partial charge in [-0.3, -0.25) is 9.80 Å². The molecule has 4 nitrogen and oxygen atoms in total. The highest BCUT2D eigenvalue weighted by molar-refractivity contribution is 14.1. The van der Waals surface area contributed by atoms with Gasteiger partial charge in [-0.15, -0.1) is 5.11 Å². The predicted octanol–water partition coefficient (Wildman–Crippen LogP) is 3.59. The fourth-order valence-electron chi connectivity index (χ4n) is 1.78. The van der Waals surface area contributed by atoms with Crippen LogP contribution in [0.2, 0.25) is 0 Å². The molecule has 0 bridgehead atoms. The third kappa shape index (κ3) is 3.24. The Hall–Kier alpha value is -0.980. The van der Waals surface area contributed by atoms with E-state index in [9.17, 15) is 4.79 Å². The van der Waals surface area contributed by atoms with Gasteiger partial charge in [0.15, 0.2) is 5.78 Å². The number of benzene rings is 1. The molecule has 1 heterocycles. The number of carbonyl (C=O) groups excluding carboxylic acids is 1. The number of Topliss-reactive ketones (excluding diaryl/α,β-unsaturated/α-hetero) is 1. The largest absolute Gasteiger partial charge is 0.294 e. The van der Waals surface area contributed by atoms with Crippen LogP contribution in [0, 0.1) is 3.57 Å². The molecule has 0 unspecified atom stereocenters. The van der Waals surface area contributed by atoms with Gasteiger partial charge >= 0.3 is 0 Å². The quantitative estimate of drug-likeness (QED) is 0.478. The van der Waals surface area contributed by atoms with Gasteiger partial charge in [-0.05, 0) is 60.6 Å². The summed E-state index contributed by atoms with van der Waals surface area (Å²) in [6, 6.07) is 5.63. The van der Waals surface area contributed by atoms with Gasteiger partial charge < -0.3 is 0 Å². The number of nitrogens with zero attached hydrogens (tertiary/aromatic N) is 3. The van der Waals surface area contributed by atoms with Crippen LogP contribution in [0.1, 0.15) is 30.1 Å². The summed E-state index contributed by atoms with van der Waals surface area (Å²) >= 11 is 2.19. The molecule has 17 heavy (non-hydrogen) atoms. The molecule has 2 rings (SSSR count). The first-order valence-corrected chi connectivity index (χ1v) is 6.72. The first-order chi connectivity index (χ1) is 8.16. The molecule has 0 saturated carbocycles. The van der Waals surface area contributed by atoms with Crippen LogP contribution < -0.4 is 0 Å². The van der Waals surface area contributed by atoms with Crippen LogP contribution in [0.5, 0.6) is 0 Å². The van der Waals surface area contributed by atoms with Crippen molar-refractivity contribution in [1.29, 1.82) is 0 Å². The summed E-state index contributed by atoms with van der Waals surface area (Å²) < 4.78 is 1.04. The number of hydrogen-bond donors (Lipinski definition) is 0. The second-order valence-electron chi connectivity index (χ2n) is 4.07. The van der Waals surface area contributed by atoms with E-state index in [1.54, 1.807) is 6.92 Å². The summed E-state index contributed by atoms with van der Waals surface area (Å²) in [7, 11) is 0. The second-order valence-corrected chi connectivity index (χ2v) is 5.31. The Morgan fingerprint density at radius 1 is 1.35 bits per heavy atom. The summed E-state index contributed by atoms with van der Waals surface area (Å²) in [5.74, 6) is 0.0267. The smallest absolute Gasteiger partial charge is 0.162 e. The third-order valence-electron chi connectivity index (χ3n) is 2.70. The summed E-state index contributed by atoms with van der Waals surface area (Å²) in [4.78, 5) is 11.5. The van der Waals surface area contributed by atoms with Crippen LogP contribution in [0.25, 0.3) is 0 Å². The standard InChI is InChI=1S/C12H14IN3O/c1-9(17)11-8-10(13)4-5-12(11)14-15-16-6-2-3-7-16/h4-5,8H,2-3,6-7H2,1H3. The van der Waals surface area contributed by atoms with Crippen molar-refractivity contribution in [1.82, 2.24) is 5.01 Å². The molecule has 90 valence electrons. The maximum Gasteiger partial charge on any atom is 0.162 e. The van der Waals surface area contributed by atoms with E-state index < -0.39 is 0 Å². The molecule has 1 aromatic carbocycles. The van der Waals surface area contributed by atoms with Gasteiger partial charge in [-0.25, -0.2) is 0 Å². The fourth-order valence-corrected chi connectivity index (χ4v) is 2.27. The zero-order valence-electron chi connectivity index (χ0n) is 9.69. The van der Waals surface area contributed by atoms with Crippen LogP contribution in [0.3, 0.4) is 0 Å². The maximum atomic E-state index is 11.5. The molecule has 0 atom stereocenters. The van der Waals surface area contributed by atoms with Crippen molar-refractivity contribution in [3.8, 4) is 0 Å². The molecule has 1 aliphatic heterocycles. The summed E-state index contributed by atoms with van der Waals surface area (Å²) in [6.07, 6.45) is 2.34. The minimum Gasteiger partial charge on any atom is -0.294 e. The van der Waals surface area contributed by atoms with E-state index in [4.69, 9.17) is 0 Å². The normalized spacial score (nSPS) is 15.8. The van der Waals surface area contributed by atoms with E-state index in [1.807, 2.05) is 23.2 Å². The lowest BCUT2D eigenvalue weighted by Crippen LogP contribution is -2.09. The first kappa shape index (κ1) is 12.5. The van der Waals surface area contributed by atoms with E-state index in [0.29, 0.717) is 11.3 Å². The van der Waals surface area contributed by atoms with Gasteiger partial charge in [0.05, 0.1) is 5.69 Å². The van der Waals surface area contributed by atoms with Crippen molar-refractivity contribution in [2.75, 3.05) is 13.1 Å². The highest BCUT2D eigenvalue weighted by Gasteiger charge is 2.10. The molecule has 1 saturated heterocycles. The number of rotatable bonds is 3. The highest BCUT2D eigenvalue weighted by Crippen LogP contribution is 2.23. The molecular weight excluding hydrogens is 329 g/mol. The fraction of sp³-hybridized carbons (Fsp3) is 0.417. The van der Waals surface area contributed by atoms with Gasteiger partial charge in [0.1, 0.15) is 0 Å². The SMILES string of the molecule is CC(=O)c1cc(I)ccc1N=NN1CCCC1. The molecule has 0 aliphatic carbocycles.